The molecule has 16 aromatic rings. The van der Waals surface area contributed by atoms with Gasteiger partial charge in [0.25, 0.3) is 0 Å². The third-order valence-corrected chi connectivity index (χ3v) is 22.2. The zero-order valence-electron chi connectivity index (χ0n) is 71.5. The second-order valence-electron chi connectivity index (χ2n) is 31.3. The van der Waals surface area contributed by atoms with Crippen molar-refractivity contribution >= 4 is 148 Å². The number of H-pyrrole nitrogens is 2. The van der Waals surface area contributed by atoms with Gasteiger partial charge in [-0.3, -0.25) is 33.9 Å². The smallest absolute Gasteiger partial charge is 0.240 e. The van der Waals surface area contributed by atoms with E-state index in [-0.39, 0.29) is 70.8 Å². The molecule has 20 rings (SSSR count). The van der Waals surface area contributed by atoms with Gasteiger partial charge in [0.2, 0.25) is 59.0 Å². The number of anilines is 6. The molecule has 2 saturated heterocycles. The number of rotatable bonds is 24. The zero-order chi connectivity index (χ0) is 93.2. The summed E-state index contributed by atoms with van der Waals surface area (Å²) in [5.41, 5.74) is 5.02. The van der Waals surface area contributed by atoms with E-state index in [1.54, 1.807) is 107 Å². The van der Waals surface area contributed by atoms with E-state index in [9.17, 15) is 41.9 Å². The van der Waals surface area contributed by atoms with Gasteiger partial charge in [-0.1, -0.05) is 60.7 Å². The summed E-state index contributed by atoms with van der Waals surface area (Å²) < 4.78 is 79.3. The van der Waals surface area contributed by atoms with Crippen molar-refractivity contribution in [3.05, 3.63) is 285 Å². The minimum Gasteiger partial charge on any atom is -0.438 e. The molecule has 10 heterocycles. The van der Waals surface area contributed by atoms with Crippen molar-refractivity contribution < 1.29 is 70.4 Å². The first kappa shape index (κ1) is 90.5. The Labute approximate surface area is 776 Å². The third-order valence-electron chi connectivity index (χ3n) is 21.8. The minimum absolute atomic E-state index is 0.000724. The maximum absolute atomic E-state index is 14.5. The maximum Gasteiger partial charge on any atom is 0.240 e. The fourth-order valence-electron chi connectivity index (χ4n) is 14.4. The Balaban J connectivity index is 0.000000126. The van der Waals surface area contributed by atoms with Crippen molar-refractivity contribution in [2.45, 2.75) is 89.5 Å². The molecule has 682 valence electrons. The van der Waals surface area contributed by atoms with Gasteiger partial charge in [0.05, 0.1) is 36.8 Å². The standard InChI is InChI=1S/C27H25FN6O4.C25H24N6O3S.C22H17FN6O3.C21H16FN5O2S/c28-17-4-6-18(7-5-17)32-25(35)27(12-13-27)26(36)33-19-8-10-20(11-9-19)38-24-21-15-31-34(23(21)29-16-30-24)22-3-1-2-14-37-22;32-21(14-17-6-2-1-3-7-17)30-25(35)29-18-9-11-19(12-10-18)34-24-20-15-28-31(23(20)26-16-27-24)22-8-4-5-13-33-22;23-13-1-3-14(4-2-13)27-20(30)22(9-10-22)21(31)28-15-5-7-16(8-6-15)32-19-17-11-26-29-18(17)24-12-25-19;22-16-11-14(26-21(30)27-18(28)10-13-4-2-1-3-5-13)6-7-17(16)29-20-15-8-9-23-19(15)24-12-25-20/h4-11,15-16,22H,1-3,12-14H2,(H,32,35)(H,33,36);1-3,6-7,9-12,15-16,22H,4-5,8,13-14H2,(H2,29,30,32,35);1-8,11-12H,9-10H2,(H,27,30)(H,28,31)(H,24,25,26,29);1-9,11-12H,10H2,(H,23,24,25)(H2,26,27,28,30). The number of hydrogen-bond acceptors (Lipinski definition) is 25. The molecule has 35 nitrogen and oxygen atoms in total. The summed E-state index contributed by atoms with van der Waals surface area (Å²) >= 11 is 10.4. The Morgan fingerprint density at radius 3 is 1.21 bits per heavy atom. The number of nitrogens with zero attached hydrogens (tertiary/aromatic N) is 13. The minimum atomic E-state index is -1.14. The number of fused-ring (bicyclic) bond motifs is 4. The number of nitrogens with one attached hydrogen (secondary N) is 10. The summed E-state index contributed by atoms with van der Waals surface area (Å²) in [6, 6.07) is 56.3. The molecule has 8 aromatic heterocycles. The van der Waals surface area contributed by atoms with Crippen molar-refractivity contribution in [3.8, 4) is 46.5 Å². The van der Waals surface area contributed by atoms with Crippen LogP contribution in [0.3, 0.4) is 0 Å². The molecule has 6 amide bonds. The van der Waals surface area contributed by atoms with E-state index in [0.717, 1.165) is 61.9 Å². The predicted octanol–water partition coefficient (Wildman–Crippen LogP) is 16.8. The van der Waals surface area contributed by atoms with E-state index in [1.165, 1.54) is 86.0 Å². The first-order valence-corrected chi connectivity index (χ1v) is 43.5. The number of halogens is 3. The number of ether oxygens (including phenoxy) is 6. The SMILES string of the molecule is O=C(Cc1ccccc1)NC(=S)Nc1ccc(Oc2ncnc3[nH]ccc23)c(F)c1.O=C(Cc1ccccc1)NC(=S)Nc1ccc(Oc2ncnc3c2cnn3C2CCCCO2)cc1.O=C(Nc1ccc(F)cc1)C1(C(=O)Nc2ccc(Oc3ncnc4[nH]ncc34)cc2)CC1.O=C(Nc1ccc(F)cc1)C1(C(=O)Nc2ccc(Oc3ncnc4c3cnn4C3CCCCO3)cc2)CC1. The number of carbonyl (C=O) groups is 6. The summed E-state index contributed by atoms with van der Waals surface area (Å²) in [6.07, 6.45) is 20.2. The van der Waals surface area contributed by atoms with Crippen molar-refractivity contribution in [2.75, 3.05) is 45.1 Å². The van der Waals surface area contributed by atoms with Crippen LogP contribution in [0, 0.1) is 28.3 Å². The lowest BCUT2D eigenvalue weighted by molar-refractivity contribution is -0.132. The third kappa shape index (κ3) is 22.8. The van der Waals surface area contributed by atoms with Gasteiger partial charge in [0.1, 0.15) is 86.8 Å². The van der Waals surface area contributed by atoms with Gasteiger partial charge < -0.3 is 75.9 Å². The van der Waals surface area contributed by atoms with Crippen molar-refractivity contribution in [2.24, 2.45) is 10.8 Å². The molecular weight excluding hydrogens is 1780 g/mol. The molecule has 2 aliphatic heterocycles. The maximum atomic E-state index is 14.5. The van der Waals surface area contributed by atoms with E-state index in [0.29, 0.717) is 140 Å². The van der Waals surface area contributed by atoms with Crippen LogP contribution in [-0.2, 0) is 51.1 Å². The van der Waals surface area contributed by atoms with Crippen LogP contribution in [0.15, 0.2) is 256 Å². The zero-order valence-corrected chi connectivity index (χ0v) is 73.1. The Bertz CT molecular complexity index is 6970. The highest BCUT2D eigenvalue weighted by Crippen LogP contribution is 2.49. The van der Waals surface area contributed by atoms with Gasteiger partial charge in [-0.2, -0.15) is 15.3 Å². The lowest BCUT2D eigenvalue weighted by atomic mass is 10.0. The van der Waals surface area contributed by atoms with E-state index >= 15 is 0 Å². The number of amides is 6. The monoisotopic (exact) mass is 1860 g/mol. The average molecular weight is 1860 g/mol. The van der Waals surface area contributed by atoms with Crippen LogP contribution in [0.25, 0.3) is 44.1 Å². The molecule has 4 aliphatic rings. The lowest BCUT2D eigenvalue weighted by Gasteiger charge is -2.22. The van der Waals surface area contributed by atoms with Crippen LogP contribution in [0.5, 0.6) is 46.5 Å². The largest absolute Gasteiger partial charge is 0.438 e. The van der Waals surface area contributed by atoms with Gasteiger partial charge in [0, 0.05) is 59.6 Å². The molecule has 2 aliphatic carbocycles. The van der Waals surface area contributed by atoms with Crippen LogP contribution in [0.1, 0.15) is 87.8 Å². The predicted molar refractivity (Wildman–Crippen MR) is 500 cm³/mol. The number of aromatic amines is 2. The van der Waals surface area contributed by atoms with Crippen molar-refractivity contribution in [1.82, 2.24) is 85.2 Å². The Hall–Kier alpha value is -16.5. The topological polar surface area (TPSA) is 437 Å². The Morgan fingerprint density at radius 1 is 0.407 bits per heavy atom. The molecular formula is C95H82F3N23O12S2. The van der Waals surface area contributed by atoms with E-state index in [4.69, 9.17) is 52.9 Å². The second-order valence-corrected chi connectivity index (χ2v) is 32.1. The quantitative estimate of drug-likeness (QED) is 0.0198. The van der Waals surface area contributed by atoms with Crippen LogP contribution in [0.4, 0.5) is 47.3 Å². The number of aromatic nitrogens is 15. The second kappa shape index (κ2) is 41.8. The van der Waals surface area contributed by atoms with Gasteiger partial charge in [0.15, 0.2) is 51.2 Å². The molecule has 8 aromatic carbocycles. The molecule has 0 spiro atoms. The average Bonchev–Trinajstić information content (AvgIpc) is 1.61. The molecule has 2 saturated carbocycles. The number of benzene rings is 8. The summed E-state index contributed by atoms with van der Waals surface area (Å²) in [6.45, 7) is 1.42. The van der Waals surface area contributed by atoms with Crippen LogP contribution < -0.4 is 61.5 Å². The van der Waals surface area contributed by atoms with E-state index in [1.807, 2.05) is 72.8 Å². The van der Waals surface area contributed by atoms with Crippen LogP contribution in [0.2, 0.25) is 0 Å². The summed E-state index contributed by atoms with van der Waals surface area (Å²) in [5.74, 6) is -0.448. The lowest BCUT2D eigenvalue weighted by Crippen LogP contribution is -2.35. The Morgan fingerprint density at radius 2 is 0.793 bits per heavy atom. The number of thiocarbonyl (C=S) groups is 2. The van der Waals surface area contributed by atoms with Gasteiger partial charge >= 0.3 is 0 Å². The highest BCUT2D eigenvalue weighted by Gasteiger charge is 2.57. The molecule has 0 bridgehead atoms. The fraction of sp³-hybridized carbons (Fsp3) is 0.189. The van der Waals surface area contributed by atoms with Gasteiger partial charge in [-0.15, -0.1) is 0 Å². The summed E-state index contributed by atoms with van der Waals surface area (Å²) in [5, 5.41) is 40.6. The van der Waals surface area contributed by atoms with Gasteiger partial charge in [-0.05, 0) is 239 Å². The fourth-order valence-corrected chi connectivity index (χ4v) is 14.9. The molecule has 2 atom stereocenters. The molecule has 4 fully saturated rings. The van der Waals surface area contributed by atoms with E-state index in [2.05, 4.69) is 108 Å². The van der Waals surface area contributed by atoms with Crippen molar-refractivity contribution in [1.29, 1.82) is 0 Å². The van der Waals surface area contributed by atoms with Gasteiger partial charge in [-0.25, -0.2) is 62.4 Å². The molecule has 2 unspecified atom stereocenters. The normalized spacial score (nSPS) is 14.8. The Kier molecular flexibility index (Phi) is 28.0. The number of carbonyl (C=O) groups excluding carboxylic acids is 6. The van der Waals surface area contributed by atoms with Crippen molar-refractivity contribution in [3.63, 3.8) is 0 Å². The summed E-state index contributed by atoms with van der Waals surface area (Å²) in [4.78, 5) is 112. The first-order valence-electron chi connectivity index (χ1n) is 42.7. The highest BCUT2D eigenvalue weighted by atomic mass is 32.1. The molecule has 135 heavy (non-hydrogen) atoms. The molecule has 0 radical (unpaired) electrons. The first-order chi connectivity index (χ1) is 65.8. The summed E-state index contributed by atoms with van der Waals surface area (Å²) in [7, 11) is 0. The highest BCUT2D eigenvalue weighted by molar-refractivity contribution is 7.80. The molecule has 10 N–H and O–H groups in total. The van der Waals surface area contributed by atoms with Crippen LogP contribution >= 0.6 is 24.4 Å². The van der Waals surface area contributed by atoms with E-state index < -0.39 is 40.1 Å². The van der Waals surface area contributed by atoms with Crippen LogP contribution in [-0.4, -0.2) is 133 Å². The molecule has 40 heteroatoms. The number of hydrogen-bond donors (Lipinski definition) is 10.